The Morgan fingerprint density at radius 2 is 1.95 bits per heavy atom. The SMILES string of the molecule is CC(C)Oc1ccc(-c2nc(-c3cccc4c3CCN(CC(=O)O)C4)no2)cc1C#N.O=C(O)C(F)(F)F. The maximum Gasteiger partial charge on any atom is 0.490 e. The number of nitrogens with zero attached hydrogens (tertiary/aromatic N) is 4. The van der Waals surface area contributed by atoms with E-state index >= 15 is 0 Å². The van der Waals surface area contributed by atoms with Gasteiger partial charge in [0.05, 0.1) is 18.2 Å². The number of hydrogen-bond donors (Lipinski definition) is 2. The molecule has 200 valence electrons. The third kappa shape index (κ3) is 7.07. The number of halogens is 3. The quantitative estimate of drug-likeness (QED) is 0.474. The van der Waals surface area contributed by atoms with Crippen molar-refractivity contribution in [3.05, 3.63) is 53.1 Å². The molecular weight excluding hydrogens is 509 g/mol. The minimum absolute atomic E-state index is 0.0216. The van der Waals surface area contributed by atoms with Crippen LogP contribution in [0.2, 0.25) is 0 Å². The van der Waals surface area contributed by atoms with E-state index in [4.69, 9.17) is 24.3 Å². The first-order chi connectivity index (χ1) is 17.9. The molecule has 1 aromatic heterocycles. The molecule has 1 aliphatic heterocycles. The lowest BCUT2D eigenvalue weighted by atomic mass is 9.94. The van der Waals surface area contributed by atoms with Gasteiger partial charge < -0.3 is 19.5 Å². The molecule has 1 aliphatic rings. The van der Waals surface area contributed by atoms with E-state index in [-0.39, 0.29) is 12.6 Å². The summed E-state index contributed by atoms with van der Waals surface area (Å²) in [7, 11) is 0. The van der Waals surface area contributed by atoms with Crippen LogP contribution in [0.1, 0.15) is 30.5 Å². The lowest BCUT2D eigenvalue weighted by molar-refractivity contribution is -0.192. The molecule has 3 aromatic rings. The number of fused-ring (bicyclic) bond motifs is 1. The molecule has 38 heavy (non-hydrogen) atoms. The highest BCUT2D eigenvalue weighted by Gasteiger charge is 2.38. The van der Waals surface area contributed by atoms with Gasteiger partial charge in [0, 0.05) is 24.2 Å². The number of carboxylic acid groups (broad SMARTS) is 2. The Morgan fingerprint density at radius 1 is 1.24 bits per heavy atom. The van der Waals surface area contributed by atoms with Gasteiger partial charge >= 0.3 is 18.1 Å². The van der Waals surface area contributed by atoms with E-state index in [0.717, 1.165) is 16.7 Å². The highest BCUT2D eigenvalue weighted by Crippen LogP contribution is 2.31. The van der Waals surface area contributed by atoms with Crippen molar-refractivity contribution in [3.8, 4) is 34.7 Å². The topological polar surface area (TPSA) is 150 Å². The van der Waals surface area contributed by atoms with Crippen molar-refractivity contribution < 1.29 is 42.2 Å². The van der Waals surface area contributed by atoms with Gasteiger partial charge in [-0.05, 0) is 49.6 Å². The van der Waals surface area contributed by atoms with Crippen molar-refractivity contribution in [2.75, 3.05) is 13.1 Å². The maximum absolute atomic E-state index is 11.0. The first kappa shape index (κ1) is 28.1. The van der Waals surface area contributed by atoms with Gasteiger partial charge in [-0.25, -0.2) is 4.79 Å². The van der Waals surface area contributed by atoms with Gasteiger partial charge in [0.15, 0.2) is 0 Å². The largest absolute Gasteiger partial charge is 0.490 e. The zero-order valence-corrected chi connectivity index (χ0v) is 20.3. The van der Waals surface area contributed by atoms with Crippen LogP contribution >= 0.6 is 0 Å². The second kappa shape index (κ2) is 11.7. The number of aromatic nitrogens is 2. The number of carboxylic acids is 2. The predicted molar refractivity (Wildman–Crippen MR) is 126 cm³/mol. The molecule has 0 aliphatic carbocycles. The molecule has 0 saturated heterocycles. The fraction of sp³-hybridized carbons (Fsp3) is 0.320. The Bertz CT molecular complexity index is 1360. The zero-order valence-electron chi connectivity index (χ0n) is 20.3. The van der Waals surface area contributed by atoms with Gasteiger partial charge in [-0.1, -0.05) is 23.4 Å². The molecule has 2 aromatic carbocycles. The minimum atomic E-state index is -5.08. The Hall–Kier alpha value is -4.44. The van der Waals surface area contributed by atoms with Crippen LogP contribution in [0.15, 0.2) is 40.9 Å². The van der Waals surface area contributed by atoms with E-state index in [1.165, 1.54) is 0 Å². The Labute approximate surface area is 214 Å². The van der Waals surface area contributed by atoms with Crippen LogP contribution in [0.3, 0.4) is 0 Å². The number of hydrogen-bond acceptors (Lipinski definition) is 8. The molecule has 0 bridgehead atoms. The van der Waals surface area contributed by atoms with E-state index in [9.17, 15) is 23.2 Å². The van der Waals surface area contributed by atoms with Gasteiger partial charge in [-0.3, -0.25) is 9.69 Å². The first-order valence-corrected chi connectivity index (χ1v) is 11.3. The van der Waals surface area contributed by atoms with Crippen LogP contribution in [0.5, 0.6) is 5.75 Å². The van der Waals surface area contributed by atoms with Crippen LogP contribution in [0.25, 0.3) is 22.8 Å². The van der Waals surface area contributed by atoms with Crippen LogP contribution in [0.4, 0.5) is 13.2 Å². The molecule has 0 amide bonds. The Morgan fingerprint density at radius 3 is 2.55 bits per heavy atom. The molecule has 0 fully saturated rings. The number of carbonyl (C=O) groups is 2. The van der Waals surface area contributed by atoms with E-state index in [1.54, 1.807) is 18.2 Å². The number of nitriles is 1. The summed E-state index contributed by atoms with van der Waals surface area (Å²) in [5.74, 6) is -2.27. The fourth-order valence-electron chi connectivity index (χ4n) is 3.76. The van der Waals surface area contributed by atoms with Gasteiger partial charge in [-0.15, -0.1) is 0 Å². The summed E-state index contributed by atoms with van der Waals surface area (Å²) >= 11 is 0. The zero-order chi connectivity index (χ0) is 28.0. The number of alkyl halides is 3. The smallest absolute Gasteiger partial charge is 0.490 e. The van der Waals surface area contributed by atoms with Crippen molar-refractivity contribution >= 4 is 11.9 Å². The molecule has 10 nitrogen and oxygen atoms in total. The minimum Gasteiger partial charge on any atom is -0.490 e. The van der Waals surface area contributed by atoms with Crippen molar-refractivity contribution in [2.45, 2.75) is 39.1 Å². The molecule has 0 spiro atoms. The molecule has 2 N–H and O–H groups in total. The van der Waals surface area contributed by atoms with Crippen molar-refractivity contribution in [1.29, 1.82) is 5.26 Å². The van der Waals surface area contributed by atoms with Crippen LogP contribution in [-0.2, 0) is 22.6 Å². The number of benzene rings is 2. The standard InChI is InChI=1S/C23H22N4O4.C2HF3O2/c1-14(2)30-20-7-6-15(10-17(20)11-24)23-25-22(26-31-23)19-5-3-4-16-12-27(13-21(28)29)9-8-18(16)19;3-2(4,5)1(6)7/h3-7,10,14H,8-9,12-13H2,1-2H3,(H,28,29);(H,6,7). The first-order valence-electron chi connectivity index (χ1n) is 11.3. The highest BCUT2D eigenvalue weighted by atomic mass is 19.4. The van der Waals surface area contributed by atoms with E-state index < -0.39 is 18.1 Å². The molecule has 2 heterocycles. The van der Waals surface area contributed by atoms with Crippen LogP contribution < -0.4 is 4.74 Å². The monoisotopic (exact) mass is 532 g/mol. The average Bonchev–Trinajstić information content (AvgIpc) is 3.33. The summed E-state index contributed by atoms with van der Waals surface area (Å²) < 4.78 is 42.9. The number of aliphatic carboxylic acids is 2. The van der Waals surface area contributed by atoms with Crippen molar-refractivity contribution in [1.82, 2.24) is 15.0 Å². The second-order valence-electron chi connectivity index (χ2n) is 8.51. The van der Waals surface area contributed by atoms with Crippen LogP contribution in [-0.4, -0.2) is 62.6 Å². The Kier molecular flexibility index (Phi) is 8.69. The molecule has 0 saturated carbocycles. The van der Waals surface area contributed by atoms with E-state index in [2.05, 4.69) is 16.2 Å². The predicted octanol–water partition coefficient (Wildman–Crippen LogP) is 4.14. The second-order valence-corrected chi connectivity index (χ2v) is 8.51. The molecular formula is C25H23F3N4O6. The molecule has 0 unspecified atom stereocenters. The fourth-order valence-corrected chi connectivity index (χ4v) is 3.76. The van der Waals surface area contributed by atoms with E-state index in [0.29, 0.717) is 48.1 Å². The summed E-state index contributed by atoms with van der Waals surface area (Å²) in [6, 6.07) is 13.2. The summed E-state index contributed by atoms with van der Waals surface area (Å²) in [5.41, 5.74) is 4.10. The van der Waals surface area contributed by atoms with Gasteiger partial charge in [0.25, 0.3) is 5.89 Å². The van der Waals surface area contributed by atoms with Gasteiger partial charge in [0.1, 0.15) is 11.8 Å². The normalized spacial score (nSPS) is 13.2. The average molecular weight is 532 g/mol. The molecule has 0 radical (unpaired) electrons. The Balaban J connectivity index is 0.000000505. The lowest BCUT2D eigenvalue weighted by Crippen LogP contribution is -2.34. The van der Waals surface area contributed by atoms with Crippen LogP contribution in [0, 0.1) is 11.3 Å². The maximum atomic E-state index is 11.0. The summed E-state index contributed by atoms with van der Waals surface area (Å²) in [4.78, 5) is 26.4. The number of ether oxygens (including phenoxy) is 1. The van der Waals surface area contributed by atoms with E-state index in [1.807, 2.05) is 36.9 Å². The van der Waals surface area contributed by atoms with Gasteiger partial charge in [0.2, 0.25) is 5.82 Å². The van der Waals surface area contributed by atoms with Gasteiger partial charge in [-0.2, -0.15) is 23.4 Å². The highest BCUT2D eigenvalue weighted by molar-refractivity contribution is 5.73. The third-order valence-electron chi connectivity index (χ3n) is 5.32. The summed E-state index contributed by atoms with van der Waals surface area (Å²) in [6.45, 7) is 5.06. The summed E-state index contributed by atoms with van der Waals surface area (Å²) in [6.07, 6.45) is -4.41. The summed E-state index contributed by atoms with van der Waals surface area (Å²) in [5, 5.41) is 29.8. The molecule has 13 heteroatoms. The van der Waals surface area contributed by atoms with Crippen molar-refractivity contribution in [3.63, 3.8) is 0 Å². The van der Waals surface area contributed by atoms with Crippen molar-refractivity contribution in [2.24, 2.45) is 0 Å². The molecule has 0 atom stereocenters. The molecule has 4 rings (SSSR count). The lowest BCUT2D eigenvalue weighted by Gasteiger charge is -2.28. The third-order valence-corrected chi connectivity index (χ3v) is 5.32. The number of rotatable bonds is 6.